The predicted octanol–water partition coefficient (Wildman–Crippen LogP) is 5.01. The Balaban J connectivity index is 1.69. The van der Waals surface area contributed by atoms with Gasteiger partial charge in [-0.3, -0.25) is 43.2 Å². The highest BCUT2D eigenvalue weighted by Gasteiger charge is 2.37. The first-order valence-electron chi connectivity index (χ1n) is 29.8. The second-order valence-corrected chi connectivity index (χ2v) is 25.4. The normalized spacial score (nSPS) is 14.1. The van der Waals surface area contributed by atoms with E-state index in [0.717, 1.165) is 22.3 Å². The van der Waals surface area contributed by atoms with E-state index < -0.39 is 138 Å². The summed E-state index contributed by atoms with van der Waals surface area (Å²) in [6, 6.07) is 7.76. The van der Waals surface area contributed by atoms with Crippen molar-refractivity contribution in [2.75, 3.05) is 66.0 Å². The Labute approximate surface area is 517 Å². The standard InChI is InChI=1S/C63H96N6O19/c1-39(2)53(58(78)67-47(36-51(72)87-62(10,11)12)56(76)65-40(3)54(74)64-27-29-81-31-33-83-35-34-82-32-30-80-28-26-50(71)86-61(7,8)9)69-55(75)46(24-25-49(70)85-60(4,5)6)66-57(77)48(37-52(73)88-63(13,14)15)68-59(79)84-38-45-43-22-18-16-20-41(43)42-21-17-19-23-44(42)45/h16-23,39-40,45-48,53H,24-38H2,1-15H3,(H,64,74)(H,65,76)(H,66,77)(H,67,78)(H,68,79)(H,69,75)/t40-,46-,47-,48+,53?/m0/s1. The van der Waals surface area contributed by atoms with Crippen molar-refractivity contribution in [1.29, 1.82) is 0 Å². The molecule has 0 radical (unpaired) electrons. The number of amides is 6. The van der Waals surface area contributed by atoms with Crippen molar-refractivity contribution in [2.45, 2.75) is 194 Å². The lowest BCUT2D eigenvalue weighted by atomic mass is 9.98. The fourth-order valence-corrected chi connectivity index (χ4v) is 8.64. The van der Waals surface area contributed by atoms with Gasteiger partial charge in [0.25, 0.3) is 0 Å². The lowest BCUT2D eigenvalue weighted by molar-refractivity contribution is -0.157. The second kappa shape index (κ2) is 35.7. The number of carbonyl (C=O) groups excluding carboxylic acids is 10. The van der Waals surface area contributed by atoms with Crippen molar-refractivity contribution >= 4 is 59.5 Å². The van der Waals surface area contributed by atoms with Gasteiger partial charge in [0.2, 0.25) is 29.5 Å². The first kappa shape index (κ1) is 75.0. The number of benzene rings is 2. The molecule has 6 N–H and O–H groups in total. The van der Waals surface area contributed by atoms with Gasteiger partial charge in [-0.25, -0.2) is 4.79 Å². The van der Waals surface area contributed by atoms with Gasteiger partial charge in [0.15, 0.2) is 0 Å². The Bertz CT molecular complexity index is 2610. The van der Waals surface area contributed by atoms with Gasteiger partial charge in [-0.05, 0) is 125 Å². The van der Waals surface area contributed by atoms with E-state index in [0.29, 0.717) is 26.4 Å². The predicted molar refractivity (Wildman–Crippen MR) is 323 cm³/mol. The SMILES string of the molecule is CC(C)C(NC(=O)[C@H](CCC(=O)OC(C)(C)C)NC(=O)[C@@H](CC(=O)OC(C)(C)C)NC(=O)OCC1c2ccccc2-c2ccccc21)C(=O)N[C@@H](CC(=O)OC(C)(C)C)C(=O)N[C@@H](C)C(=O)NCCOCCOCCOCCOCCC(=O)OC(C)(C)C. The maximum atomic E-state index is 14.5. The quantitative estimate of drug-likeness (QED) is 0.0300. The van der Waals surface area contributed by atoms with E-state index in [1.165, 1.54) is 6.92 Å². The molecular weight excluding hydrogens is 1140 g/mol. The maximum Gasteiger partial charge on any atom is 0.407 e. The molecule has 0 aromatic heterocycles. The van der Waals surface area contributed by atoms with Crippen molar-refractivity contribution in [2.24, 2.45) is 5.92 Å². The number of rotatable bonds is 35. The molecule has 1 unspecified atom stereocenters. The zero-order valence-corrected chi connectivity index (χ0v) is 54.0. The Morgan fingerprint density at radius 3 is 1.31 bits per heavy atom. The summed E-state index contributed by atoms with van der Waals surface area (Å²) in [6.45, 7) is 26.4. The van der Waals surface area contributed by atoms with Crippen LogP contribution in [0, 0.1) is 5.92 Å². The minimum Gasteiger partial charge on any atom is -0.460 e. The Morgan fingerprint density at radius 2 is 0.830 bits per heavy atom. The van der Waals surface area contributed by atoms with Gasteiger partial charge in [0, 0.05) is 18.9 Å². The van der Waals surface area contributed by atoms with Crippen LogP contribution in [0.2, 0.25) is 0 Å². The minimum atomic E-state index is -1.69. The molecule has 0 heterocycles. The summed E-state index contributed by atoms with van der Waals surface area (Å²) in [7, 11) is 0. The number of carbonyl (C=O) groups is 10. The highest BCUT2D eigenvalue weighted by molar-refractivity contribution is 5.98. The Kier molecular flexibility index (Phi) is 30.4. The van der Waals surface area contributed by atoms with Crippen LogP contribution in [0.15, 0.2) is 48.5 Å². The fraction of sp³-hybridized carbons (Fsp3) is 0.651. The average molecular weight is 1240 g/mol. The third-order valence-corrected chi connectivity index (χ3v) is 12.4. The van der Waals surface area contributed by atoms with E-state index in [9.17, 15) is 47.9 Å². The van der Waals surface area contributed by atoms with Crippen LogP contribution in [-0.2, 0) is 85.8 Å². The molecule has 6 amide bonds. The first-order valence-corrected chi connectivity index (χ1v) is 29.8. The molecule has 2 aromatic rings. The molecule has 0 saturated carbocycles. The van der Waals surface area contributed by atoms with Gasteiger partial charge < -0.3 is 74.5 Å². The smallest absolute Gasteiger partial charge is 0.407 e. The van der Waals surface area contributed by atoms with Gasteiger partial charge in [0.05, 0.1) is 72.1 Å². The van der Waals surface area contributed by atoms with Crippen molar-refractivity contribution in [3.8, 4) is 11.1 Å². The Hall–Kier alpha value is -7.22. The summed E-state index contributed by atoms with van der Waals surface area (Å²) in [5.41, 5.74) is 0.342. The molecule has 0 saturated heterocycles. The molecule has 88 heavy (non-hydrogen) atoms. The third-order valence-electron chi connectivity index (χ3n) is 12.4. The maximum absolute atomic E-state index is 14.5. The average Bonchev–Trinajstić information content (AvgIpc) is 3.06. The van der Waals surface area contributed by atoms with E-state index in [4.69, 9.17) is 42.6 Å². The van der Waals surface area contributed by atoms with Crippen LogP contribution in [0.3, 0.4) is 0 Å². The fourth-order valence-electron chi connectivity index (χ4n) is 8.64. The van der Waals surface area contributed by atoms with Crippen LogP contribution in [0.5, 0.6) is 0 Å². The monoisotopic (exact) mass is 1240 g/mol. The largest absolute Gasteiger partial charge is 0.460 e. The molecular formula is C63H96N6O19. The lowest BCUT2D eigenvalue weighted by Crippen LogP contribution is -2.60. The van der Waals surface area contributed by atoms with Crippen LogP contribution in [0.4, 0.5) is 4.79 Å². The van der Waals surface area contributed by atoms with Crippen molar-refractivity contribution < 1.29 is 90.6 Å². The topological polar surface area (TPSA) is 326 Å². The molecule has 3 rings (SSSR count). The highest BCUT2D eigenvalue weighted by Crippen LogP contribution is 2.44. The van der Waals surface area contributed by atoms with Crippen LogP contribution in [-0.4, -0.2) is 178 Å². The number of esters is 4. The van der Waals surface area contributed by atoms with Gasteiger partial charge in [-0.1, -0.05) is 62.4 Å². The number of alkyl carbamates (subject to hydrolysis) is 1. The summed E-state index contributed by atoms with van der Waals surface area (Å²) < 4.78 is 49.3. The molecule has 1 aliphatic carbocycles. The number of fused-ring (bicyclic) bond motifs is 3. The molecule has 0 spiro atoms. The zero-order valence-electron chi connectivity index (χ0n) is 54.0. The van der Waals surface area contributed by atoms with Crippen molar-refractivity contribution in [3.05, 3.63) is 59.7 Å². The number of hydrogen-bond donors (Lipinski definition) is 6. The summed E-state index contributed by atoms with van der Waals surface area (Å²) in [4.78, 5) is 135. The van der Waals surface area contributed by atoms with Gasteiger partial charge in [-0.15, -0.1) is 0 Å². The molecule has 2 aromatic carbocycles. The summed E-state index contributed by atoms with van der Waals surface area (Å²) >= 11 is 0. The summed E-state index contributed by atoms with van der Waals surface area (Å²) in [5, 5.41) is 15.3. The molecule has 0 fully saturated rings. The van der Waals surface area contributed by atoms with Gasteiger partial charge in [-0.2, -0.15) is 0 Å². The van der Waals surface area contributed by atoms with E-state index in [1.807, 2.05) is 48.5 Å². The summed E-state index contributed by atoms with van der Waals surface area (Å²) in [5.74, 6) is -8.44. The molecule has 5 atom stereocenters. The molecule has 0 aliphatic heterocycles. The number of nitrogens with one attached hydrogen (secondary N) is 6. The molecule has 1 aliphatic rings. The molecule has 25 heteroatoms. The number of hydrogen-bond acceptors (Lipinski definition) is 19. The van der Waals surface area contributed by atoms with Gasteiger partial charge in [0.1, 0.15) is 59.2 Å². The van der Waals surface area contributed by atoms with E-state index in [1.54, 1.807) is 96.9 Å². The highest BCUT2D eigenvalue weighted by atomic mass is 16.6. The molecule has 25 nitrogen and oxygen atoms in total. The molecule has 492 valence electrons. The minimum absolute atomic E-state index is 0.0582. The van der Waals surface area contributed by atoms with Crippen LogP contribution >= 0.6 is 0 Å². The lowest BCUT2D eigenvalue weighted by Gasteiger charge is -2.29. The van der Waals surface area contributed by atoms with Crippen LogP contribution in [0.1, 0.15) is 153 Å². The van der Waals surface area contributed by atoms with Crippen LogP contribution in [0.25, 0.3) is 11.1 Å². The van der Waals surface area contributed by atoms with E-state index >= 15 is 0 Å². The first-order chi connectivity index (χ1) is 41.0. The molecule has 0 bridgehead atoms. The summed E-state index contributed by atoms with van der Waals surface area (Å²) in [6.07, 6.45) is -3.15. The van der Waals surface area contributed by atoms with Crippen LogP contribution < -0.4 is 31.9 Å². The van der Waals surface area contributed by atoms with E-state index in [-0.39, 0.29) is 57.9 Å². The zero-order chi connectivity index (χ0) is 66.0. The second-order valence-electron chi connectivity index (χ2n) is 25.4. The Morgan fingerprint density at radius 1 is 0.432 bits per heavy atom. The van der Waals surface area contributed by atoms with E-state index in [2.05, 4.69) is 31.9 Å². The van der Waals surface area contributed by atoms with Crippen molar-refractivity contribution in [3.63, 3.8) is 0 Å². The number of ether oxygens (including phenoxy) is 9. The van der Waals surface area contributed by atoms with Gasteiger partial charge >= 0.3 is 30.0 Å². The van der Waals surface area contributed by atoms with Crippen molar-refractivity contribution in [1.82, 2.24) is 31.9 Å². The third kappa shape index (κ3) is 29.7.